The van der Waals surface area contributed by atoms with Crippen molar-refractivity contribution in [3.63, 3.8) is 0 Å². The molecule has 190 valence electrons. The number of nitrogens with zero attached hydrogens (tertiary/aromatic N) is 2. The summed E-state index contributed by atoms with van der Waals surface area (Å²) in [5.41, 5.74) is 3.13. The molecular formula is C31H38N2O3. The maximum absolute atomic E-state index is 12.7. The van der Waals surface area contributed by atoms with Gasteiger partial charge in [0, 0.05) is 31.6 Å². The number of aliphatic hydroxyl groups is 1. The summed E-state index contributed by atoms with van der Waals surface area (Å²) in [5, 5.41) is 11.2. The van der Waals surface area contributed by atoms with Crippen LogP contribution >= 0.6 is 0 Å². The van der Waals surface area contributed by atoms with Crippen LogP contribution in [0.15, 0.2) is 48.5 Å². The number of piperazine rings is 1. The van der Waals surface area contributed by atoms with Crippen LogP contribution in [0.1, 0.15) is 49.3 Å². The second-order valence-electron chi connectivity index (χ2n) is 11.0. The van der Waals surface area contributed by atoms with Crippen molar-refractivity contribution >= 4 is 5.91 Å². The van der Waals surface area contributed by atoms with E-state index in [1.165, 1.54) is 16.7 Å². The lowest BCUT2D eigenvalue weighted by Crippen LogP contribution is -2.50. The van der Waals surface area contributed by atoms with E-state index < -0.39 is 5.60 Å². The summed E-state index contributed by atoms with van der Waals surface area (Å²) in [5.74, 6) is 7.28. The van der Waals surface area contributed by atoms with Crippen LogP contribution in [-0.2, 0) is 23.1 Å². The molecule has 3 atom stereocenters. The predicted octanol–water partition coefficient (Wildman–Crippen LogP) is 3.82. The molecule has 0 radical (unpaired) electrons. The summed E-state index contributed by atoms with van der Waals surface area (Å²) in [6, 6.07) is 17.1. The normalized spacial score (nSPS) is 27.9. The minimum Gasteiger partial charge on any atom is -0.484 e. The quantitative estimate of drug-likeness (QED) is 0.653. The Morgan fingerprint density at radius 1 is 1.11 bits per heavy atom. The van der Waals surface area contributed by atoms with Gasteiger partial charge in [0.1, 0.15) is 11.4 Å². The third-order valence-corrected chi connectivity index (χ3v) is 8.66. The number of fused-ring (bicyclic) bond motifs is 3. The number of aryl methyl sites for hydroxylation is 1. The van der Waals surface area contributed by atoms with E-state index in [9.17, 15) is 9.90 Å². The lowest BCUT2D eigenvalue weighted by molar-refractivity contribution is -0.134. The molecule has 5 nitrogen and oxygen atoms in total. The summed E-state index contributed by atoms with van der Waals surface area (Å²) >= 11 is 0. The highest BCUT2D eigenvalue weighted by molar-refractivity contribution is 5.78. The van der Waals surface area contributed by atoms with E-state index in [0.29, 0.717) is 12.3 Å². The van der Waals surface area contributed by atoms with Gasteiger partial charge in [-0.25, -0.2) is 0 Å². The molecule has 2 fully saturated rings. The van der Waals surface area contributed by atoms with E-state index in [-0.39, 0.29) is 17.9 Å². The molecule has 2 aromatic rings. The lowest BCUT2D eigenvalue weighted by atomic mass is 9.52. The number of carbonyl (C=O) groups is 1. The van der Waals surface area contributed by atoms with Crippen LogP contribution in [0.25, 0.3) is 0 Å². The van der Waals surface area contributed by atoms with E-state index in [1.807, 2.05) is 17.9 Å². The van der Waals surface area contributed by atoms with Gasteiger partial charge in [-0.1, -0.05) is 42.3 Å². The van der Waals surface area contributed by atoms with Crippen molar-refractivity contribution in [1.82, 2.24) is 9.80 Å². The Balaban J connectivity index is 1.37. The molecule has 0 aromatic heterocycles. The van der Waals surface area contributed by atoms with Crippen LogP contribution < -0.4 is 4.74 Å². The number of carbonyl (C=O) groups excluding carboxylic acids is 1. The zero-order chi connectivity index (χ0) is 25.2. The van der Waals surface area contributed by atoms with Crippen molar-refractivity contribution in [2.24, 2.45) is 5.92 Å². The first-order chi connectivity index (χ1) is 17.4. The van der Waals surface area contributed by atoms with Gasteiger partial charge in [0.2, 0.25) is 0 Å². The van der Waals surface area contributed by atoms with Gasteiger partial charge in [-0.05, 0) is 87.2 Å². The van der Waals surface area contributed by atoms with Crippen LogP contribution in [0.5, 0.6) is 5.75 Å². The zero-order valence-corrected chi connectivity index (χ0v) is 21.6. The first-order valence-electron chi connectivity index (χ1n) is 13.3. The molecule has 1 amide bonds. The fraction of sp³-hybridized carbons (Fsp3) is 0.516. The van der Waals surface area contributed by atoms with Crippen LogP contribution in [0.2, 0.25) is 0 Å². The summed E-state index contributed by atoms with van der Waals surface area (Å²) in [7, 11) is 2.09. The van der Waals surface area contributed by atoms with Crippen molar-refractivity contribution in [2.75, 3.05) is 39.8 Å². The second-order valence-corrected chi connectivity index (χ2v) is 11.0. The van der Waals surface area contributed by atoms with E-state index >= 15 is 0 Å². The monoisotopic (exact) mass is 486 g/mol. The van der Waals surface area contributed by atoms with E-state index in [1.54, 1.807) is 0 Å². The topological polar surface area (TPSA) is 53.0 Å². The van der Waals surface area contributed by atoms with Gasteiger partial charge in [0.15, 0.2) is 6.61 Å². The number of rotatable bonds is 5. The average Bonchev–Trinajstić information content (AvgIpc) is 2.89. The standard InChI is InChI=1S/C31H38N2O3/c1-3-13-30(35)14-15-31(21-24-7-5-4-6-8-24)26(22-30)10-9-25-20-27(11-12-28(25)31)36-23-29(34)33-18-16-32(2)17-19-33/h4-8,11-12,20,26,35H,9-10,14-19,21-23H2,1-2H3/t26-,30-,31+/m1/s1. The number of hydrogen-bond donors (Lipinski definition) is 1. The first kappa shape index (κ1) is 24.9. The number of benzene rings is 2. The highest BCUT2D eigenvalue weighted by Crippen LogP contribution is 2.54. The molecule has 0 spiro atoms. The summed E-state index contributed by atoms with van der Waals surface area (Å²) in [6.45, 7) is 5.25. The molecule has 0 bridgehead atoms. The molecule has 1 heterocycles. The fourth-order valence-electron chi connectivity index (χ4n) is 6.68. The largest absolute Gasteiger partial charge is 0.484 e. The minimum absolute atomic E-state index is 0.0231. The molecule has 5 rings (SSSR count). The molecule has 3 aliphatic rings. The van der Waals surface area contributed by atoms with Crippen LogP contribution in [-0.4, -0.2) is 66.2 Å². The van der Waals surface area contributed by atoms with Crippen molar-refractivity contribution in [1.29, 1.82) is 0 Å². The van der Waals surface area contributed by atoms with Gasteiger partial charge in [-0.3, -0.25) is 4.79 Å². The Bertz CT molecular complexity index is 1150. The van der Waals surface area contributed by atoms with Crippen LogP contribution in [0.4, 0.5) is 0 Å². The molecule has 2 aliphatic carbocycles. The molecule has 2 aromatic carbocycles. The second kappa shape index (κ2) is 10.3. The van der Waals surface area contributed by atoms with Gasteiger partial charge < -0.3 is 19.6 Å². The summed E-state index contributed by atoms with van der Waals surface area (Å²) in [4.78, 5) is 16.8. The Morgan fingerprint density at radius 2 is 1.89 bits per heavy atom. The van der Waals surface area contributed by atoms with E-state index in [4.69, 9.17) is 4.74 Å². The van der Waals surface area contributed by atoms with Gasteiger partial charge >= 0.3 is 0 Å². The van der Waals surface area contributed by atoms with Crippen LogP contribution in [0.3, 0.4) is 0 Å². The molecule has 1 saturated carbocycles. The maximum atomic E-state index is 12.7. The molecular weight excluding hydrogens is 448 g/mol. The highest BCUT2D eigenvalue weighted by atomic mass is 16.5. The minimum atomic E-state index is -0.885. The molecule has 1 aliphatic heterocycles. The van der Waals surface area contributed by atoms with E-state index in [0.717, 1.165) is 64.0 Å². The number of likely N-dealkylation sites (N-methyl/N-ethyl adjacent to an activating group) is 1. The highest BCUT2D eigenvalue weighted by Gasteiger charge is 2.51. The van der Waals surface area contributed by atoms with Crippen molar-refractivity contribution < 1.29 is 14.6 Å². The predicted molar refractivity (Wildman–Crippen MR) is 142 cm³/mol. The number of ether oxygens (including phenoxy) is 1. The zero-order valence-electron chi connectivity index (χ0n) is 21.6. The Hall–Kier alpha value is -2.81. The SMILES string of the molecule is CC#C[C@@]1(O)CC[C@@]2(Cc3ccccc3)c3ccc(OCC(=O)N4CCN(C)CC4)cc3CC[C@@H]2C1. The lowest BCUT2D eigenvalue weighted by Gasteiger charge is -2.52. The summed E-state index contributed by atoms with van der Waals surface area (Å²) in [6.07, 6.45) is 5.26. The van der Waals surface area contributed by atoms with Gasteiger partial charge in [0.25, 0.3) is 5.91 Å². The summed E-state index contributed by atoms with van der Waals surface area (Å²) < 4.78 is 6.00. The van der Waals surface area contributed by atoms with E-state index in [2.05, 4.69) is 66.3 Å². The maximum Gasteiger partial charge on any atom is 0.260 e. The number of amides is 1. The number of hydrogen-bond acceptors (Lipinski definition) is 4. The molecule has 0 unspecified atom stereocenters. The van der Waals surface area contributed by atoms with Crippen molar-refractivity contribution in [3.8, 4) is 17.6 Å². The first-order valence-corrected chi connectivity index (χ1v) is 13.3. The van der Waals surface area contributed by atoms with Crippen molar-refractivity contribution in [2.45, 2.75) is 56.5 Å². The van der Waals surface area contributed by atoms with Gasteiger partial charge in [-0.15, -0.1) is 5.92 Å². The van der Waals surface area contributed by atoms with Gasteiger partial charge in [-0.2, -0.15) is 0 Å². The van der Waals surface area contributed by atoms with Crippen LogP contribution in [0, 0.1) is 17.8 Å². The van der Waals surface area contributed by atoms with Crippen molar-refractivity contribution in [3.05, 3.63) is 65.2 Å². The third kappa shape index (κ3) is 5.03. The average molecular weight is 487 g/mol. The van der Waals surface area contributed by atoms with Gasteiger partial charge in [0.05, 0.1) is 0 Å². The smallest absolute Gasteiger partial charge is 0.260 e. The fourth-order valence-corrected chi connectivity index (χ4v) is 6.68. The molecule has 5 heteroatoms. The Labute approximate surface area is 215 Å². The molecule has 1 saturated heterocycles. The Morgan fingerprint density at radius 3 is 2.64 bits per heavy atom. The molecule has 36 heavy (non-hydrogen) atoms. The Kier molecular flexibility index (Phi) is 7.10. The molecule has 1 N–H and O–H groups in total. The third-order valence-electron chi connectivity index (χ3n) is 8.66.